The highest BCUT2D eigenvalue weighted by Crippen LogP contribution is 2.20. The van der Waals surface area contributed by atoms with Gasteiger partial charge in [0.25, 0.3) is 0 Å². The van der Waals surface area contributed by atoms with Crippen molar-refractivity contribution >= 4 is 14.5 Å². The Morgan fingerprint density at radius 3 is 2.18 bits per heavy atom. The van der Waals surface area contributed by atoms with Gasteiger partial charge in [0.05, 0.1) is 0 Å². The molecule has 3 nitrogen and oxygen atoms in total. The summed E-state index contributed by atoms with van der Waals surface area (Å²) in [6, 6.07) is 1.62. The molecule has 0 spiro atoms. The molecule has 0 heterocycles. The summed E-state index contributed by atoms with van der Waals surface area (Å²) in [4.78, 5) is 11.9. The molecular formula is C13H26O3Si. The van der Waals surface area contributed by atoms with E-state index in [1.165, 1.54) is 0 Å². The molecule has 0 bridgehead atoms. The third-order valence-electron chi connectivity index (χ3n) is 2.82. The molecule has 100 valence electrons. The lowest BCUT2D eigenvalue weighted by molar-refractivity contribution is -0.132. The van der Waals surface area contributed by atoms with Crippen molar-refractivity contribution in [2.45, 2.75) is 59.5 Å². The standard InChI is InChI=1S/C13H26O3Si/c1-6-10-11-12(5)13(14)16-17(8-3,9-4)15-7-2/h11H,6-10H2,1-5H3. The Hall–Kier alpha value is -0.613. The Balaban J connectivity index is 4.60. The average Bonchev–Trinajstić information content (AvgIpc) is 2.35. The SMILES string of the molecule is CCCC=C(C)C(=O)O[Si](CC)(CC)OCC. The van der Waals surface area contributed by atoms with E-state index < -0.39 is 8.56 Å². The Bertz CT molecular complexity index is 257. The van der Waals surface area contributed by atoms with Gasteiger partial charge in [0.1, 0.15) is 0 Å². The number of allylic oxidation sites excluding steroid dienone is 1. The molecule has 17 heavy (non-hydrogen) atoms. The molecule has 0 fully saturated rings. The van der Waals surface area contributed by atoms with Gasteiger partial charge in [-0.1, -0.05) is 33.3 Å². The maximum Gasteiger partial charge on any atom is 0.401 e. The average molecular weight is 258 g/mol. The van der Waals surface area contributed by atoms with Crippen molar-refractivity contribution in [2.75, 3.05) is 6.61 Å². The minimum Gasteiger partial charge on any atom is -0.491 e. The highest BCUT2D eigenvalue weighted by atomic mass is 28.4. The predicted octanol–water partition coefficient (Wildman–Crippen LogP) is 3.79. The number of hydrogen-bond acceptors (Lipinski definition) is 3. The molecule has 0 amide bonds. The summed E-state index contributed by atoms with van der Waals surface area (Å²) in [5.41, 5.74) is 0.699. The quantitative estimate of drug-likeness (QED) is 0.491. The molecule has 0 unspecified atom stereocenters. The molecule has 0 atom stereocenters. The van der Waals surface area contributed by atoms with Crippen LogP contribution in [-0.2, 0) is 13.6 Å². The number of carbonyl (C=O) groups excluding carboxylic acids is 1. The number of hydrogen-bond donors (Lipinski definition) is 0. The molecule has 0 aliphatic rings. The van der Waals surface area contributed by atoms with Gasteiger partial charge in [-0.2, -0.15) is 0 Å². The van der Waals surface area contributed by atoms with Crippen LogP contribution in [-0.4, -0.2) is 21.1 Å². The van der Waals surface area contributed by atoms with Gasteiger partial charge in [0, 0.05) is 12.2 Å². The summed E-state index contributed by atoms with van der Waals surface area (Å²) in [6.07, 6.45) is 3.90. The summed E-state index contributed by atoms with van der Waals surface area (Å²) < 4.78 is 11.4. The Labute approximate surface area is 106 Å². The van der Waals surface area contributed by atoms with E-state index in [2.05, 4.69) is 6.92 Å². The van der Waals surface area contributed by atoms with Gasteiger partial charge in [-0.25, -0.2) is 4.79 Å². The predicted molar refractivity (Wildman–Crippen MR) is 73.1 cm³/mol. The second-order valence-corrected chi connectivity index (χ2v) is 7.84. The van der Waals surface area contributed by atoms with Crippen LogP contribution in [0, 0.1) is 0 Å². The van der Waals surface area contributed by atoms with Crippen molar-refractivity contribution in [1.29, 1.82) is 0 Å². The van der Waals surface area contributed by atoms with Crippen LogP contribution < -0.4 is 0 Å². The van der Waals surface area contributed by atoms with E-state index in [4.69, 9.17) is 8.85 Å². The zero-order chi connectivity index (χ0) is 13.3. The summed E-state index contributed by atoms with van der Waals surface area (Å²) in [7, 11) is -2.30. The third kappa shape index (κ3) is 5.50. The zero-order valence-electron chi connectivity index (χ0n) is 11.8. The van der Waals surface area contributed by atoms with E-state index >= 15 is 0 Å². The van der Waals surface area contributed by atoms with Crippen molar-refractivity contribution in [3.8, 4) is 0 Å². The van der Waals surface area contributed by atoms with E-state index in [0.717, 1.165) is 24.9 Å². The van der Waals surface area contributed by atoms with Crippen LogP contribution in [0.3, 0.4) is 0 Å². The molecule has 0 saturated heterocycles. The van der Waals surface area contributed by atoms with Crippen LogP contribution in [0.25, 0.3) is 0 Å². The van der Waals surface area contributed by atoms with Crippen LogP contribution in [0.15, 0.2) is 11.6 Å². The molecule has 0 rings (SSSR count). The minimum absolute atomic E-state index is 0.206. The van der Waals surface area contributed by atoms with Crippen molar-refractivity contribution in [1.82, 2.24) is 0 Å². The molecule has 4 heteroatoms. The molecule has 0 aliphatic heterocycles. The van der Waals surface area contributed by atoms with E-state index in [0.29, 0.717) is 12.2 Å². The van der Waals surface area contributed by atoms with Gasteiger partial charge < -0.3 is 8.85 Å². The van der Waals surface area contributed by atoms with E-state index in [1.54, 1.807) is 0 Å². The fourth-order valence-electron chi connectivity index (χ4n) is 1.58. The van der Waals surface area contributed by atoms with Crippen LogP contribution in [0.1, 0.15) is 47.5 Å². The Kier molecular flexibility index (Phi) is 8.17. The molecule has 0 aromatic rings. The maximum absolute atomic E-state index is 11.9. The fourth-order valence-corrected chi connectivity index (χ4v) is 3.87. The van der Waals surface area contributed by atoms with Crippen molar-refractivity contribution in [3.05, 3.63) is 11.6 Å². The van der Waals surface area contributed by atoms with Crippen molar-refractivity contribution in [3.63, 3.8) is 0 Å². The molecule has 0 aromatic heterocycles. The fraction of sp³-hybridized carbons (Fsp3) is 0.769. The van der Waals surface area contributed by atoms with Crippen molar-refractivity contribution < 1.29 is 13.6 Å². The second kappa shape index (κ2) is 8.47. The van der Waals surface area contributed by atoms with Gasteiger partial charge in [0.15, 0.2) is 0 Å². The lowest BCUT2D eigenvalue weighted by Crippen LogP contribution is -2.42. The molecule has 0 aromatic carbocycles. The summed E-state index contributed by atoms with van der Waals surface area (Å²) in [5.74, 6) is -0.206. The van der Waals surface area contributed by atoms with Crippen LogP contribution in [0.5, 0.6) is 0 Å². The lowest BCUT2D eigenvalue weighted by atomic mass is 10.2. The first-order valence-electron chi connectivity index (χ1n) is 6.59. The van der Waals surface area contributed by atoms with Gasteiger partial charge in [-0.15, -0.1) is 0 Å². The molecule has 0 radical (unpaired) electrons. The monoisotopic (exact) mass is 258 g/mol. The normalized spacial score (nSPS) is 12.6. The number of rotatable bonds is 8. The lowest BCUT2D eigenvalue weighted by Gasteiger charge is -2.27. The smallest absolute Gasteiger partial charge is 0.401 e. The van der Waals surface area contributed by atoms with Crippen molar-refractivity contribution in [2.24, 2.45) is 0 Å². The first kappa shape index (κ1) is 16.4. The summed E-state index contributed by atoms with van der Waals surface area (Å²) >= 11 is 0. The highest BCUT2D eigenvalue weighted by molar-refractivity contribution is 6.69. The van der Waals surface area contributed by atoms with Crippen LogP contribution in [0.2, 0.25) is 12.1 Å². The second-order valence-electron chi connectivity index (χ2n) is 4.12. The Morgan fingerprint density at radius 1 is 1.18 bits per heavy atom. The largest absolute Gasteiger partial charge is 0.491 e. The summed E-state index contributed by atoms with van der Waals surface area (Å²) in [6.45, 7) is 10.5. The maximum atomic E-state index is 11.9. The minimum atomic E-state index is -2.30. The first-order valence-corrected chi connectivity index (χ1v) is 8.82. The van der Waals surface area contributed by atoms with Gasteiger partial charge in [-0.3, -0.25) is 0 Å². The topological polar surface area (TPSA) is 35.5 Å². The van der Waals surface area contributed by atoms with Crippen LogP contribution >= 0.6 is 0 Å². The highest BCUT2D eigenvalue weighted by Gasteiger charge is 2.37. The van der Waals surface area contributed by atoms with Gasteiger partial charge in [-0.05, 0) is 32.4 Å². The molecule has 0 aliphatic carbocycles. The number of carbonyl (C=O) groups is 1. The zero-order valence-corrected chi connectivity index (χ0v) is 12.8. The Morgan fingerprint density at radius 2 is 1.76 bits per heavy atom. The van der Waals surface area contributed by atoms with Crippen LogP contribution in [0.4, 0.5) is 0 Å². The van der Waals surface area contributed by atoms with E-state index in [9.17, 15) is 4.79 Å². The van der Waals surface area contributed by atoms with Gasteiger partial charge in [0.2, 0.25) is 0 Å². The summed E-state index contributed by atoms with van der Waals surface area (Å²) in [5, 5.41) is 0. The number of unbranched alkanes of at least 4 members (excludes halogenated alkanes) is 1. The molecular weight excluding hydrogens is 232 g/mol. The third-order valence-corrected chi connectivity index (χ3v) is 6.35. The van der Waals surface area contributed by atoms with E-state index in [-0.39, 0.29) is 5.97 Å². The van der Waals surface area contributed by atoms with E-state index in [1.807, 2.05) is 33.8 Å². The molecule has 0 saturated carbocycles. The molecule has 0 N–H and O–H groups in total. The first-order chi connectivity index (χ1) is 8.05. The van der Waals surface area contributed by atoms with Gasteiger partial charge >= 0.3 is 14.5 Å².